The number of rotatable bonds is 0. The van der Waals surface area contributed by atoms with E-state index in [1.807, 2.05) is 12.2 Å². The first-order valence-corrected chi connectivity index (χ1v) is 4.56. The molecule has 0 aromatic heterocycles. The molecule has 0 saturated carbocycles. The standard InChI is InChI=1S/C11H14O/c12-11-7-3-5-9-4-1-2-6-10(11)8-9/h1-4,6-7,9-12H,5,8H2/t9-,10-,11+/m1/s1. The van der Waals surface area contributed by atoms with Gasteiger partial charge in [0, 0.05) is 5.92 Å². The van der Waals surface area contributed by atoms with Crippen LogP contribution in [0.25, 0.3) is 0 Å². The van der Waals surface area contributed by atoms with Crippen molar-refractivity contribution in [3.05, 3.63) is 36.5 Å². The summed E-state index contributed by atoms with van der Waals surface area (Å²) in [6.45, 7) is 0. The maximum Gasteiger partial charge on any atom is 0.0783 e. The van der Waals surface area contributed by atoms with Crippen molar-refractivity contribution >= 4 is 0 Å². The molecule has 3 atom stereocenters. The van der Waals surface area contributed by atoms with Crippen LogP contribution in [-0.2, 0) is 0 Å². The number of hydrogen-bond acceptors (Lipinski definition) is 1. The Hall–Kier alpha value is -0.820. The highest BCUT2D eigenvalue weighted by atomic mass is 16.3. The van der Waals surface area contributed by atoms with Crippen molar-refractivity contribution in [2.45, 2.75) is 18.9 Å². The number of allylic oxidation sites excluding steroid dienone is 4. The smallest absolute Gasteiger partial charge is 0.0783 e. The second kappa shape index (κ2) is 3.28. The number of fused-ring (bicyclic) bond motifs is 2. The molecule has 12 heavy (non-hydrogen) atoms. The molecule has 1 N–H and O–H groups in total. The van der Waals surface area contributed by atoms with Gasteiger partial charge in [-0.15, -0.1) is 0 Å². The van der Waals surface area contributed by atoms with E-state index in [1.165, 1.54) is 0 Å². The zero-order valence-electron chi connectivity index (χ0n) is 7.06. The van der Waals surface area contributed by atoms with Gasteiger partial charge in [-0.3, -0.25) is 0 Å². The Morgan fingerprint density at radius 3 is 2.83 bits per heavy atom. The lowest BCUT2D eigenvalue weighted by atomic mass is 9.92. The molecule has 0 fully saturated rings. The van der Waals surface area contributed by atoms with Gasteiger partial charge in [-0.25, -0.2) is 0 Å². The van der Waals surface area contributed by atoms with E-state index < -0.39 is 0 Å². The Morgan fingerprint density at radius 1 is 1.08 bits per heavy atom. The lowest BCUT2D eigenvalue weighted by Crippen LogP contribution is -2.16. The largest absolute Gasteiger partial charge is 0.388 e. The molecule has 2 rings (SSSR count). The molecule has 0 radical (unpaired) electrons. The van der Waals surface area contributed by atoms with Gasteiger partial charge in [0.15, 0.2) is 0 Å². The summed E-state index contributed by atoms with van der Waals surface area (Å²) < 4.78 is 0. The van der Waals surface area contributed by atoms with Crippen molar-refractivity contribution in [2.24, 2.45) is 11.8 Å². The Bertz CT molecular complexity index is 237. The first kappa shape index (κ1) is 7.81. The molecular formula is C11H14O. The summed E-state index contributed by atoms with van der Waals surface area (Å²) in [5.74, 6) is 0.946. The first-order valence-electron chi connectivity index (χ1n) is 4.56. The van der Waals surface area contributed by atoms with Gasteiger partial charge in [-0.1, -0.05) is 36.5 Å². The Kier molecular flexibility index (Phi) is 2.13. The first-order chi connectivity index (χ1) is 5.86. The Labute approximate surface area is 73.1 Å². The van der Waals surface area contributed by atoms with E-state index in [1.54, 1.807) is 0 Å². The van der Waals surface area contributed by atoms with Gasteiger partial charge in [0.2, 0.25) is 0 Å². The van der Waals surface area contributed by atoms with Gasteiger partial charge in [0.05, 0.1) is 6.10 Å². The third kappa shape index (κ3) is 1.51. The second-order valence-electron chi connectivity index (χ2n) is 3.58. The van der Waals surface area contributed by atoms with Crippen molar-refractivity contribution in [3.63, 3.8) is 0 Å². The van der Waals surface area contributed by atoms with Crippen LogP contribution in [0.5, 0.6) is 0 Å². The van der Waals surface area contributed by atoms with Gasteiger partial charge in [0.25, 0.3) is 0 Å². The summed E-state index contributed by atoms with van der Waals surface area (Å²) in [6.07, 6.45) is 14.4. The quantitative estimate of drug-likeness (QED) is 0.540. The van der Waals surface area contributed by atoms with E-state index in [0.717, 1.165) is 12.8 Å². The topological polar surface area (TPSA) is 20.2 Å². The highest BCUT2D eigenvalue weighted by molar-refractivity contribution is 5.15. The number of aliphatic hydroxyl groups excluding tert-OH is 1. The van der Waals surface area contributed by atoms with E-state index in [4.69, 9.17) is 0 Å². The lowest BCUT2D eigenvalue weighted by molar-refractivity contribution is 0.169. The highest BCUT2D eigenvalue weighted by Crippen LogP contribution is 2.27. The van der Waals surface area contributed by atoms with E-state index in [9.17, 15) is 5.11 Å². The summed E-state index contributed by atoms with van der Waals surface area (Å²) in [5, 5.41) is 9.66. The molecule has 2 bridgehead atoms. The summed E-state index contributed by atoms with van der Waals surface area (Å²) >= 11 is 0. The molecule has 0 spiro atoms. The van der Waals surface area contributed by atoms with Crippen LogP contribution in [0.2, 0.25) is 0 Å². The predicted molar refractivity (Wildman–Crippen MR) is 49.6 cm³/mol. The zero-order chi connectivity index (χ0) is 8.39. The van der Waals surface area contributed by atoms with Crippen molar-refractivity contribution in [1.29, 1.82) is 0 Å². The maximum atomic E-state index is 9.66. The summed E-state index contributed by atoms with van der Waals surface area (Å²) in [4.78, 5) is 0. The molecule has 64 valence electrons. The average Bonchev–Trinajstić information content (AvgIpc) is 2.38. The van der Waals surface area contributed by atoms with E-state index >= 15 is 0 Å². The number of aliphatic hydroxyl groups is 1. The minimum atomic E-state index is -0.272. The Balaban J connectivity index is 2.23. The molecule has 2 aliphatic rings. The molecular weight excluding hydrogens is 148 g/mol. The molecule has 0 unspecified atom stereocenters. The minimum Gasteiger partial charge on any atom is -0.388 e. The fraction of sp³-hybridized carbons (Fsp3) is 0.455. The molecule has 0 aromatic carbocycles. The van der Waals surface area contributed by atoms with Gasteiger partial charge >= 0.3 is 0 Å². The molecule has 0 aliphatic heterocycles. The van der Waals surface area contributed by atoms with Crippen LogP contribution in [-0.4, -0.2) is 11.2 Å². The lowest BCUT2D eigenvalue weighted by Gasteiger charge is -2.16. The van der Waals surface area contributed by atoms with Crippen LogP contribution >= 0.6 is 0 Å². The van der Waals surface area contributed by atoms with Crippen LogP contribution in [0.3, 0.4) is 0 Å². The summed E-state index contributed by atoms with van der Waals surface area (Å²) in [5.41, 5.74) is 0. The molecule has 1 heteroatoms. The monoisotopic (exact) mass is 162 g/mol. The van der Waals surface area contributed by atoms with Crippen molar-refractivity contribution in [2.75, 3.05) is 0 Å². The van der Waals surface area contributed by atoms with Crippen LogP contribution in [0.4, 0.5) is 0 Å². The molecule has 0 amide bonds. The van der Waals surface area contributed by atoms with Crippen LogP contribution in [0.15, 0.2) is 36.5 Å². The molecule has 2 aliphatic carbocycles. The molecule has 0 heterocycles. The van der Waals surface area contributed by atoms with Crippen molar-refractivity contribution < 1.29 is 5.11 Å². The summed E-state index contributed by atoms with van der Waals surface area (Å²) in [7, 11) is 0. The third-order valence-corrected chi connectivity index (χ3v) is 2.64. The van der Waals surface area contributed by atoms with Crippen molar-refractivity contribution in [1.82, 2.24) is 0 Å². The second-order valence-corrected chi connectivity index (χ2v) is 3.58. The van der Waals surface area contributed by atoms with E-state index in [2.05, 4.69) is 24.3 Å². The van der Waals surface area contributed by atoms with Crippen LogP contribution in [0.1, 0.15) is 12.8 Å². The predicted octanol–water partition coefficient (Wildman–Crippen LogP) is 2.06. The normalized spacial score (nSPS) is 39.2. The van der Waals surface area contributed by atoms with Gasteiger partial charge in [-0.05, 0) is 18.8 Å². The van der Waals surface area contributed by atoms with Crippen LogP contribution < -0.4 is 0 Å². The van der Waals surface area contributed by atoms with E-state index in [-0.39, 0.29) is 6.10 Å². The fourth-order valence-electron chi connectivity index (χ4n) is 1.90. The third-order valence-electron chi connectivity index (χ3n) is 2.64. The average molecular weight is 162 g/mol. The van der Waals surface area contributed by atoms with Gasteiger partial charge < -0.3 is 5.11 Å². The SMILES string of the molecule is O[C@H]1C=CC[C@H]2C=CC=C[C@@H]1C2. The summed E-state index contributed by atoms with van der Waals surface area (Å²) in [6, 6.07) is 0. The zero-order valence-corrected chi connectivity index (χ0v) is 7.06. The molecule has 1 nitrogen and oxygen atoms in total. The maximum absolute atomic E-state index is 9.66. The van der Waals surface area contributed by atoms with Crippen LogP contribution in [0, 0.1) is 11.8 Å². The Morgan fingerprint density at radius 2 is 1.92 bits per heavy atom. The van der Waals surface area contributed by atoms with E-state index in [0.29, 0.717) is 11.8 Å². The number of hydrogen-bond donors (Lipinski definition) is 1. The fourth-order valence-corrected chi connectivity index (χ4v) is 1.90. The van der Waals surface area contributed by atoms with Gasteiger partial charge in [-0.2, -0.15) is 0 Å². The molecule has 0 aromatic rings. The van der Waals surface area contributed by atoms with Gasteiger partial charge in [0.1, 0.15) is 0 Å². The minimum absolute atomic E-state index is 0.272. The van der Waals surface area contributed by atoms with Crippen molar-refractivity contribution in [3.8, 4) is 0 Å². The molecule has 0 saturated heterocycles. The highest BCUT2D eigenvalue weighted by Gasteiger charge is 2.21.